The minimum Gasteiger partial charge on any atom is -0.382 e. The molecule has 5 nitrogen and oxygen atoms in total. The summed E-state index contributed by atoms with van der Waals surface area (Å²) in [5.41, 5.74) is 5.40. The third kappa shape index (κ3) is 4.97. The van der Waals surface area contributed by atoms with E-state index < -0.39 is 0 Å². The molecule has 0 aromatic carbocycles. The lowest BCUT2D eigenvalue weighted by Gasteiger charge is -2.05. The summed E-state index contributed by atoms with van der Waals surface area (Å²) in [5.74, 6) is 1.12. The number of nitrogens with two attached hydrogens (primary N) is 1. The lowest BCUT2D eigenvalue weighted by molar-refractivity contribution is 0.149. The number of nitrogens with one attached hydrogen (secondary N) is 1. The molecular formula is C10H16N4O. The van der Waals surface area contributed by atoms with Crippen LogP contribution in [-0.4, -0.2) is 30.0 Å². The molecule has 3 N–H and O–H groups in total. The molecule has 1 aromatic rings. The van der Waals surface area contributed by atoms with E-state index in [1.54, 1.807) is 12.1 Å². The molecule has 0 spiro atoms. The van der Waals surface area contributed by atoms with Gasteiger partial charge in [0.1, 0.15) is 11.6 Å². The Labute approximate surface area is 89.3 Å². The molecule has 1 aromatic heterocycles. The van der Waals surface area contributed by atoms with Crippen molar-refractivity contribution >= 4 is 11.6 Å². The average molecular weight is 208 g/mol. The van der Waals surface area contributed by atoms with Gasteiger partial charge in [0.25, 0.3) is 0 Å². The van der Waals surface area contributed by atoms with Gasteiger partial charge in [0.05, 0.1) is 13.2 Å². The van der Waals surface area contributed by atoms with E-state index in [0.29, 0.717) is 31.4 Å². The molecule has 5 heteroatoms. The van der Waals surface area contributed by atoms with Crippen LogP contribution in [0.5, 0.6) is 0 Å². The normalized spacial score (nSPS) is 9.87. The zero-order valence-corrected chi connectivity index (χ0v) is 8.65. The summed E-state index contributed by atoms with van der Waals surface area (Å²) >= 11 is 0. The van der Waals surface area contributed by atoms with Crippen molar-refractivity contribution in [1.29, 1.82) is 0 Å². The number of nitrogen functional groups attached to an aromatic ring is 1. The van der Waals surface area contributed by atoms with Crippen LogP contribution >= 0.6 is 0 Å². The van der Waals surface area contributed by atoms with Gasteiger partial charge in [0.15, 0.2) is 0 Å². The summed E-state index contributed by atoms with van der Waals surface area (Å²) < 4.78 is 5.31. The lowest BCUT2D eigenvalue weighted by Crippen LogP contribution is -2.11. The Hall–Kier alpha value is -1.62. The van der Waals surface area contributed by atoms with Gasteiger partial charge in [-0.2, -0.15) is 0 Å². The first-order chi connectivity index (χ1) is 7.33. The molecule has 0 saturated carbocycles. The summed E-state index contributed by atoms with van der Waals surface area (Å²) in [7, 11) is 0. The molecule has 0 amide bonds. The lowest BCUT2D eigenvalue weighted by atomic mass is 10.4. The molecular weight excluding hydrogens is 192 g/mol. The van der Waals surface area contributed by atoms with Crippen molar-refractivity contribution in [2.24, 2.45) is 0 Å². The van der Waals surface area contributed by atoms with Gasteiger partial charge in [-0.3, -0.25) is 0 Å². The Kier molecular flexibility index (Phi) is 5.18. The van der Waals surface area contributed by atoms with Gasteiger partial charge in [-0.1, -0.05) is 6.08 Å². The first-order valence-electron chi connectivity index (χ1n) is 4.84. The van der Waals surface area contributed by atoms with Crippen molar-refractivity contribution < 1.29 is 4.74 Å². The SMILES string of the molecule is C=CCCOCCNc1ccc(N)nn1. The van der Waals surface area contributed by atoms with Gasteiger partial charge in [-0.15, -0.1) is 16.8 Å². The second-order valence-electron chi connectivity index (χ2n) is 2.96. The quantitative estimate of drug-likeness (QED) is 0.518. The highest BCUT2D eigenvalue weighted by Gasteiger charge is 1.93. The molecule has 0 aliphatic carbocycles. The van der Waals surface area contributed by atoms with Gasteiger partial charge in [-0.25, -0.2) is 0 Å². The van der Waals surface area contributed by atoms with Gasteiger partial charge in [0.2, 0.25) is 0 Å². The second kappa shape index (κ2) is 6.78. The van der Waals surface area contributed by atoms with Crippen LogP contribution in [0.1, 0.15) is 6.42 Å². The first kappa shape index (κ1) is 11.5. The maximum Gasteiger partial charge on any atom is 0.148 e. The summed E-state index contributed by atoms with van der Waals surface area (Å²) in [6.07, 6.45) is 2.71. The Morgan fingerprint density at radius 3 is 2.93 bits per heavy atom. The highest BCUT2D eigenvalue weighted by atomic mass is 16.5. The topological polar surface area (TPSA) is 73.1 Å². The smallest absolute Gasteiger partial charge is 0.148 e. The molecule has 0 atom stereocenters. The molecule has 1 rings (SSSR count). The van der Waals surface area contributed by atoms with Crippen molar-refractivity contribution in [2.75, 3.05) is 30.8 Å². The number of rotatable bonds is 7. The molecule has 15 heavy (non-hydrogen) atoms. The van der Waals surface area contributed by atoms with Crippen LogP contribution in [0.3, 0.4) is 0 Å². The van der Waals surface area contributed by atoms with Crippen molar-refractivity contribution in [2.45, 2.75) is 6.42 Å². The van der Waals surface area contributed by atoms with Crippen molar-refractivity contribution in [3.63, 3.8) is 0 Å². The number of ether oxygens (including phenoxy) is 1. The van der Waals surface area contributed by atoms with E-state index in [-0.39, 0.29) is 0 Å². The Morgan fingerprint density at radius 1 is 1.40 bits per heavy atom. The van der Waals surface area contributed by atoms with E-state index in [1.807, 2.05) is 6.08 Å². The molecule has 0 bridgehead atoms. The van der Waals surface area contributed by atoms with Crippen LogP contribution in [0.25, 0.3) is 0 Å². The summed E-state index contributed by atoms with van der Waals surface area (Å²) in [6.45, 7) is 5.66. The minimum atomic E-state index is 0.419. The fraction of sp³-hybridized carbons (Fsp3) is 0.400. The van der Waals surface area contributed by atoms with Crippen LogP contribution < -0.4 is 11.1 Å². The van der Waals surface area contributed by atoms with E-state index in [2.05, 4.69) is 22.1 Å². The highest BCUT2D eigenvalue weighted by molar-refractivity contribution is 5.38. The van der Waals surface area contributed by atoms with Crippen LogP contribution in [0.4, 0.5) is 11.6 Å². The highest BCUT2D eigenvalue weighted by Crippen LogP contribution is 2.01. The van der Waals surface area contributed by atoms with E-state index >= 15 is 0 Å². The first-order valence-corrected chi connectivity index (χ1v) is 4.84. The standard InChI is InChI=1S/C10H16N4O/c1-2-3-7-15-8-6-12-10-5-4-9(11)13-14-10/h2,4-5H,1,3,6-8H2,(H2,11,13)(H,12,14). The Balaban J connectivity index is 2.09. The molecule has 0 unspecified atom stereocenters. The van der Waals surface area contributed by atoms with E-state index in [9.17, 15) is 0 Å². The third-order valence-electron chi connectivity index (χ3n) is 1.70. The van der Waals surface area contributed by atoms with Gasteiger partial charge in [-0.05, 0) is 18.6 Å². The van der Waals surface area contributed by atoms with Crippen LogP contribution in [0.15, 0.2) is 24.8 Å². The molecule has 0 fully saturated rings. The summed E-state index contributed by atoms with van der Waals surface area (Å²) in [4.78, 5) is 0. The number of hydrogen-bond donors (Lipinski definition) is 2. The maximum absolute atomic E-state index is 5.40. The summed E-state index contributed by atoms with van der Waals surface area (Å²) in [6, 6.07) is 3.49. The summed E-state index contributed by atoms with van der Waals surface area (Å²) in [5, 5.41) is 10.6. The average Bonchev–Trinajstić information content (AvgIpc) is 2.26. The van der Waals surface area contributed by atoms with E-state index in [4.69, 9.17) is 10.5 Å². The van der Waals surface area contributed by atoms with Crippen molar-refractivity contribution in [3.05, 3.63) is 24.8 Å². The van der Waals surface area contributed by atoms with E-state index in [1.165, 1.54) is 0 Å². The van der Waals surface area contributed by atoms with E-state index in [0.717, 1.165) is 6.42 Å². The fourth-order valence-electron chi connectivity index (χ4n) is 0.957. The second-order valence-corrected chi connectivity index (χ2v) is 2.96. The largest absolute Gasteiger partial charge is 0.382 e. The van der Waals surface area contributed by atoms with Crippen LogP contribution in [0.2, 0.25) is 0 Å². The molecule has 1 heterocycles. The molecule has 0 saturated heterocycles. The number of aromatic nitrogens is 2. The zero-order valence-electron chi connectivity index (χ0n) is 8.65. The van der Waals surface area contributed by atoms with Crippen molar-refractivity contribution in [1.82, 2.24) is 10.2 Å². The monoisotopic (exact) mass is 208 g/mol. The third-order valence-corrected chi connectivity index (χ3v) is 1.70. The van der Waals surface area contributed by atoms with Gasteiger partial charge >= 0.3 is 0 Å². The number of anilines is 2. The van der Waals surface area contributed by atoms with Gasteiger partial charge in [0, 0.05) is 6.54 Å². The number of hydrogen-bond acceptors (Lipinski definition) is 5. The Bertz CT molecular complexity index is 286. The minimum absolute atomic E-state index is 0.419. The predicted octanol–water partition coefficient (Wildman–Crippen LogP) is 1.06. The maximum atomic E-state index is 5.40. The Morgan fingerprint density at radius 2 is 2.27 bits per heavy atom. The molecule has 82 valence electrons. The fourth-order valence-corrected chi connectivity index (χ4v) is 0.957. The predicted molar refractivity (Wildman–Crippen MR) is 60.6 cm³/mol. The number of nitrogens with zero attached hydrogens (tertiary/aromatic N) is 2. The van der Waals surface area contributed by atoms with Crippen LogP contribution in [0, 0.1) is 0 Å². The zero-order chi connectivity index (χ0) is 10.9. The van der Waals surface area contributed by atoms with Crippen LogP contribution in [-0.2, 0) is 4.74 Å². The molecule has 0 aliphatic heterocycles. The van der Waals surface area contributed by atoms with Crippen molar-refractivity contribution in [3.8, 4) is 0 Å². The molecule has 0 aliphatic rings. The van der Waals surface area contributed by atoms with Gasteiger partial charge < -0.3 is 15.8 Å². The molecule has 0 radical (unpaired) electrons.